The molecule has 1 heterocycles. The van der Waals surface area contributed by atoms with E-state index < -0.39 is 16.1 Å². The maximum atomic E-state index is 12.0. The summed E-state index contributed by atoms with van der Waals surface area (Å²) in [6.45, 7) is 0.132. The van der Waals surface area contributed by atoms with Crippen LogP contribution >= 0.6 is 0 Å². The topological polar surface area (TPSA) is 167 Å². The number of tetrazole rings is 1. The minimum atomic E-state index is -4.00. The van der Waals surface area contributed by atoms with E-state index in [0.29, 0.717) is 12.1 Å². The highest BCUT2D eigenvalue weighted by Gasteiger charge is 2.22. The molecule has 10 nitrogen and oxygen atoms in total. The molecule has 0 aliphatic carbocycles. The SMILES string of the molecule is NS(=O)(=O)c1cccc(-c2ccc(CNC(CO)CO)cc2)c1-c1nn[nH]n1. The maximum Gasteiger partial charge on any atom is 0.238 e. The van der Waals surface area contributed by atoms with E-state index in [2.05, 4.69) is 25.9 Å². The number of aliphatic hydroxyl groups excluding tert-OH is 2. The van der Waals surface area contributed by atoms with E-state index >= 15 is 0 Å². The standard InChI is InChI=1S/C17H20N6O4S/c18-28(26,27)15-3-1-2-14(16(15)17-20-22-23-21-17)12-6-4-11(5-7-12)8-19-13(9-24)10-25/h1-7,13,19,24-25H,8-10H2,(H2,18,26,27)(H,20,21,22,23). The summed E-state index contributed by atoms with van der Waals surface area (Å²) in [5, 5.41) is 40.3. The maximum absolute atomic E-state index is 12.0. The fraction of sp³-hybridized carbons (Fsp3) is 0.235. The molecule has 0 bridgehead atoms. The van der Waals surface area contributed by atoms with Gasteiger partial charge in [0.25, 0.3) is 0 Å². The summed E-state index contributed by atoms with van der Waals surface area (Å²) in [5.74, 6) is 0.124. The molecule has 0 unspecified atom stereocenters. The highest BCUT2D eigenvalue weighted by Crippen LogP contribution is 2.34. The lowest BCUT2D eigenvalue weighted by Crippen LogP contribution is -2.35. The number of nitrogens with one attached hydrogen (secondary N) is 2. The quantitative estimate of drug-likeness (QED) is 0.339. The van der Waals surface area contributed by atoms with Gasteiger partial charge in [0.05, 0.1) is 29.7 Å². The smallest absolute Gasteiger partial charge is 0.238 e. The molecule has 0 radical (unpaired) electrons. The molecule has 0 aliphatic rings. The van der Waals surface area contributed by atoms with Crippen LogP contribution in [0, 0.1) is 0 Å². The first-order valence-corrected chi connectivity index (χ1v) is 9.92. The van der Waals surface area contributed by atoms with Crippen molar-refractivity contribution in [3.05, 3.63) is 48.0 Å². The lowest BCUT2D eigenvalue weighted by molar-refractivity contribution is 0.170. The highest BCUT2D eigenvalue weighted by atomic mass is 32.2. The molecule has 0 fully saturated rings. The molecule has 0 spiro atoms. The van der Waals surface area contributed by atoms with Crippen LogP contribution in [0.5, 0.6) is 0 Å². The van der Waals surface area contributed by atoms with Gasteiger partial charge in [-0.3, -0.25) is 0 Å². The molecule has 11 heteroatoms. The van der Waals surface area contributed by atoms with E-state index in [1.165, 1.54) is 6.07 Å². The van der Waals surface area contributed by atoms with Crippen molar-refractivity contribution in [3.8, 4) is 22.5 Å². The van der Waals surface area contributed by atoms with Crippen molar-refractivity contribution >= 4 is 10.0 Å². The number of nitrogens with zero attached hydrogens (tertiary/aromatic N) is 3. The van der Waals surface area contributed by atoms with Crippen molar-refractivity contribution in [3.63, 3.8) is 0 Å². The lowest BCUT2D eigenvalue weighted by Gasteiger charge is -2.14. The van der Waals surface area contributed by atoms with Gasteiger partial charge in [-0.25, -0.2) is 13.6 Å². The van der Waals surface area contributed by atoms with E-state index in [4.69, 9.17) is 15.4 Å². The molecule has 0 amide bonds. The number of H-pyrrole nitrogens is 1. The first-order valence-electron chi connectivity index (χ1n) is 8.38. The molecule has 0 aliphatic heterocycles. The lowest BCUT2D eigenvalue weighted by atomic mass is 9.98. The van der Waals surface area contributed by atoms with Crippen LogP contribution in [0.15, 0.2) is 47.4 Å². The van der Waals surface area contributed by atoms with Crippen molar-refractivity contribution in [2.24, 2.45) is 5.14 Å². The summed E-state index contributed by atoms with van der Waals surface area (Å²) in [6.07, 6.45) is 0. The van der Waals surface area contributed by atoms with Crippen LogP contribution in [-0.2, 0) is 16.6 Å². The first-order chi connectivity index (χ1) is 13.4. The number of benzene rings is 2. The third-order valence-corrected chi connectivity index (χ3v) is 5.16. The molecule has 6 N–H and O–H groups in total. The van der Waals surface area contributed by atoms with Crippen molar-refractivity contribution in [2.45, 2.75) is 17.5 Å². The van der Waals surface area contributed by atoms with Gasteiger partial charge in [0.1, 0.15) is 0 Å². The van der Waals surface area contributed by atoms with Crippen LogP contribution in [-0.4, -0.2) is 58.5 Å². The summed E-state index contributed by atoms with van der Waals surface area (Å²) in [5.41, 5.74) is 2.54. The van der Waals surface area contributed by atoms with Crippen LogP contribution in [0.3, 0.4) is 0 Å². The van der Waals surface area contributed by atoms with Crippen molar-refractivity contribution in [2.75, 3.05) is 13.2 Å². The second kappa shape index (κ2) is 8.54. The highest BCUT2D eigenvalue weighted by molar-refractivity contribution is 7.89. The monoisotopic (exact) mass is 404 g/mol. The molecule has 0 saturated heterocycles. The van der Waals surface area contributed by atoms with Gasteiger partial charge in [-0.2, -0.15) is 5.21 Å². The molecule has 0 saturated carbocycles. The van der Waals surface area contributed by atoms with Crippen LogP contribution in [0.2, 0.25) is 0 Å². The van der Waals surface area contributed by atoms with Crippen LogP contribution in [0.4, 0.5) is 0 Å². The number of sulfonamides is 1. The zero-order valence-electron chi connectivity index (χ0n) is 14.8. The van der Waals surface area contributed by atoms with Crippen LogP contribution in [0.25, 0.3) is 22.5 Å². The Kier molecular flexibility index (Phi) is 6.11. The Labute approximate surface area is 161 Å². The van der Waals surface area contributed by atoms with Gasteiger partial charge >= 0.3 is 0 Å². The van der Waals surface area contributed by atoms with Crippen molar-refractivity contribution < 1.29 is 18.6 Å². The summed E-state index contributed by atoms with van der Waals surface area (Å²) in [7, 11) is -4.00. The van der Waals surface area contributed by atoms with E-state index in [1.54, 1.807) is 12.1 Å². The Morgan fingerprint density at radius 3 is 2.39 bits per heavy atom. The third kappa shape index (κ3) is 4.40. The van der Waals surface area contributed by atoms with E-state index in [9.17, 15) is 8.42 Å². The zero-order valence-corrected chi connectivity index (χ0v) is 15.6. The Bertz CT molecular complexity index is 1020. The number of aromatic nitrogens is 4. The average molecular weight is 404 g/mol. The normalized spacial score (nSPS) is 11.9. The van der Waals surface area contributed by atoms with Crippen molar-refractivity contribution in [1.29, 1.82) is 0 Å². The van der Waals surface area contributed by atoms with Gasteiger partial charge in [0.2, 0.25) is 15.8 Å². The number of hydrogen-bond acceptors (Lipinski definition) is 8. The Morgan fingerprint density at radius 2 is 1.82 bits per heavy atom. The number of primary sulfonamides is 1. The van der Waals surface area contributed by atoms with Crippen LogP contribution < -0.4 is 10.5 Å². The summed E-state index contributed by atoms with van der Waals surface area (Å²) < 4.78 is 24.1. The van der Waals surface area contributed by atoms with E-state index in [0.717, 1.165) is 11.1 Å². The second-order valence-electron chi connectivity index (χ2n) is 6.10. The summed E-state index contributed by atoms with van der Waals surface area (Å²) in [6, 6.07) is 11.7. The number of hydrogen-bond donors (Lipinski definition) is 5. The molecule has 1 aromatic heterocycles. The molecule has 2 aromatic carbocycles. The molecular formula is C17H20N6O4S. The largest absolute Gasteiger partial charge is 0.395 e. The van der Waals surface area contributed by atoms with Gasteiger partial charge in [-0.15, -0.1) is 10.2 Å². The Morgan fingerprint density at radius 1 is 1.11 bits per heavy atom. The fourth-order valence-electron chi connectivity index (χ4n) is 2.76. The Balaban J connectivity index is 1.98. The zero-order chi connectivity index (χ0) is 20.1. The van der Waals surface area contributed by atoms with E-state index in [1.807, 2.05) is 24.3 Å². The summed E-state index contributed by atoms with van der Waals surface area (Å²) in [4.78, 5) is -0.0918. The van der Waals surface area contributed by atoms with E-state index in [-0.39, 0.29) is 29.5 Å². The molecule has 3 rings (SSSR count). The summed E-state index contributed by atoms with van der Waals surface area (Å²) >= 11 is 0. The predicted octanol–water partition coefficient (Wildman–Crippen LogP) is -0.376. The number of rotatable bonds is 8. The molecule has 28 heavy (non-hydrogen) atoms. The number of nitrogens with two attached hydrogens (primary N) is 1. The van der Waals surface area contributed by atoms with Gasteiger partial charge in [-0.05, 0) is 28.0 Å². The van der Waals surface area contributed by atoms with Gasteiger partial charge in [0.15, 0.2) is 0 Å². The van der Waals surface area contributed by atoms with Gasteiger partial charge in [0, 0.05) is 6.54 Å². The van der Waals surface area contributed by atoms with Crippen molar-refractivity contribution in [1.82, 2.24) is 25.9 Å². The molecular weight excluding hydrogens is 384 g/mol. The Hall–Kier alpha value is -2.70. The minimum absolute atomic E-state index is 0.0918. The predicted molar refractivity (Wildman–Crippen MR) is 101 cm³/mol. The van der Waals surface area contributed by atoms with Crippen LogP contribution in [0.1, 0.15) is 5.56 Å². The second-order valence-corrected chi connectivity index (χ2v) is 7.63. The molecule has 3 aromatic rings. The number of aliphatic hydroxyl groups is 2. The third-order valence-electron chi connectivity index (χ3n) is 4.20. The minimum Gasteiger partial charge on any atom is -0.395 e. The first kappa shape index (κ1) is 20.0. The number of aromatic amines is 1. The average Bonchev–Trinajstić information content (AvgIpc) is 3.22. The van der Waals surface area contributed by atoms with Gasteiger partial charge < -0.3 is 15.5 Å². The van der Waals surface area contributed by atoms with Gasteiger partial charge in [-0.1, -0.05) is 36.4 Å². The molecule has 0 atom stereocenters. The fourth-order valence-corrected chi connectivity index (χ4v) is 3.51. The molecule has 148 valence electrons.